The molecule has 2 rings (SSSR count). The molecule has 0 spiro atoms. The number of hydrogen-bond donors (Lipinski definition) is 1. The molecule has 1 aliphatic rings. The first-order valence-corrected chi connectivity index (χ1v) is 7.75. The molecule has 0 saturated carbocycles. The number of nitrogens with one attached hydrogen (secondary N) is 1. The van der Waals surface area contributed by atoms with Crippen molar-refractivity contribution in [3.63, 3.8) is 0 Å². The number of amides is 1. The van der Waals surface area contributed by atoms with Crippen molar-refractivity contribution in [2.24, 2.45) is 0 Å². The van der Waals surface area contributed by atoms with Crippen LogP contribution in [0.1, 0.15) is 32.4 Å². The summed E-state index contributed by atoms with van der Waals surface area (Å²) in [4.78, 5) is 16.1. The van der Waals surface area contributed by atoms with Crippen molar-refractivity contribution in [2.45, 2.75) is 32.4 Å². The monoisotopic (exact) mass is 305 g/mol. The number of ether oxygens (including phenoxy) is 1. The molecule has 0 unspecified atom stereocenters. The highest BCUT2D eigenvalue weighted by Crippen LogP contribution is 2.21. The van der Waals surface area contributed by atoms with Gasteiger partial charge in [-0.25, -0.2) is 4.79 Å². The van der Waals surface area contributed by atoms with Crippen LogP contribution in [-0.4, -0.2) is 50.3 Å². The van der Waals surface area contributed by atoms with Crippen LogP contribution >= 0.6 is 0 Å². The highest BCUT2D eigenvalue weighted by atomic mass is 16.6. The molecule has 1 fully saturated rings. The van der Waals surface area contributed by atoms with Gasteiger partial charge < -0.3 is 19.9 Å². The van der Waals surface area contributed by atoms with E-state index in [4.69, 9.17) is 4.74 Å². The van der Waals surface area contributed by atoms with Crippen LogP contribution in [0.5, 0.6) is 0 Å². The maximum Gasteiger partial charge on any atom is 0.410 e. The first-order valence-electron chi connectivity index (χ1n) is 7.75. The quantitative estimate of drug-likeness (QED) is 0.912. The largest absolute Gasteiger partial charge is 0.444 e. The van der Waals surface area contributed by atoms with E-state index in [0.29, 0.717) is 13.1 Å². The number of benzene rings is 1. The Morgan fingerprint density at radius 1 is 1.27 bits per heavy atom. The fourth-order valence-electron chi connectivity index (χ4n) is 2.47. The highest BCUT2D eigenvalue weighted by molar-refractivity contribution is 5.68. The standard InChI is InChI=1S/C17H27N3O2/c1-17(2,3)22-16(21)20-11-10-18-15(12-20)13-6-8-14(9-7-13)19(4)5/h6-9,15,18H,10-12H2,1-5H3/t15-/m0/s1. The molecule has 122 valence electrons. The molecule has 22 heavy (non-hydrogen) atoms. The van der Waals surface area contributed by atoms with E-state index >= 15 is 0 Å². The molecule has 1 aliphatic heterocycles. The van der Waals surface area contributed by atoms with E-state index in [9.17, 15) is 4.79 Å². The van der Waals surface area contributed by atoms with Gasteiger partial charge >= 0.3 is 6.09 Å². The molecular formula is C17H27N3O2. The van der Waals surface area contributed by atoms with Crippen LogP contribution in [0.2, 0.25) is 0 Å². The number of piperazine rings is 1. The Balaban J connectivity index is 2.02. The van der Waals surface area contributed by atoms with E-state index in [2.05, 4.69) is 34.5 Å². The molecular weight excluding hydrogens is 278 g/mol. The third kappa shape index (κ3) is 4.37. The molecule has 0 aromatic heterocycles. The maximum absolute atomic E-state index is 12.2. The van der Waals surface area contributed by atoms with Crippen LogP contribution in [0, 0.1) is 0 Å². The Bertz CT molecular complexity index is 506. The molecule has 1 N–H and O–H groups in total. The van der Waals surface area contributed by atoms with Crippen molar-refractivity contribution < 1.29 is 9.53 Å². The van der Waals surface area contributed by atoms with Crippen molar-refractivity contribution in [1.29, 1.82) is 0 Å². The number of anilines is 1. The van der Waals surface area contributed by atoms with E-state index in [1.165, 1.54) is 11.3 Å². The lowest BCUT2D eigenvalue weighted by molar-refractivity contribution is 0.0195. The smallest absolute Gasteiger partial charge is 0.410 e. The zero-order valence-corrected chi connectivity index (χ0v) is 14.2. The lowest BCUT2D eigenvalue weighted by Crippen LogP contribution is -2.49. The minimum Gasteiger partial charge on any atom is -0.444 e. The summed E-state index contributed by atoms with van der Waals surface area (Å²) in [6.07, 6.45) is -0.232. The van der Waals surface area contributed by atoms with Crippen LogP contribution in [0.4, 0.5) is 10.5 Å². The average Bonchev–Trinajstić information content (AvgIpc) is 2.46. The lowest BCUT2D eigenvalue weighted by Gasteiger charge is -2.35. The summed E-state index contributed by atoms with van der Waals surface area (Å²) in [5, 5.41) is 3.47. The number of carbonyl (C=O) groups is 1. The van der Waals surface area contributed by atoms with E-state index < -0.39 is 5.60 Å². The van der Waals surface area contributed by atoms with Gasteiger partial charge in [-0.1, -0.05) is 12.1 Å². The van der Waals surface area contributed by atoms with Crippen molar-refractivity contribution >= 4 is 11.8 Å². The van der Waals surface area contributed by atoms with E-state index in [0.717, 1.165) is 6.54 Å². The summed E-state index contributed by atoms with van der Waals surface area (Å²) in [5.74, 6) is 0. The van der Waals surface area contributed by atoms with Gasteiger partial charge in [-0.05, 0) is 38.5 Å². The molecule has 1 aromatic carbocycles. The molecule has 5 nitrogen and oxygen atoms in total. The number of nitrogens with zero attached hydrogens (tertiary/aromatic N) is 2. The summed E-state index contributed by atoms with van der Waals surface area (Å²) in [6.45, 7) is 7.77. The van der Waals surface area contributed by atoms with Gasteiger partial charge in [0.1, 0.15) is 5.60 Å². The topological polar surface area (TPSA) is 44.8 Å². The van der Waals surface area contributed by atoms with Crippen LogP contribution < -0.4 is 10.2 Å². The summed E-state index contributed by atoms with van der Waals surface area (Å²) < 4.78 is 5.46. The average molecular weight is 305 g/mol. The Hall–Kier alpha value is -1.75. The van der Waals surface area contributed by atoms with E-state index in [1.54, 1.807) is 4.90 Å². The van der Waals surface area contributed by atoms with Crippen molar-refractivity contribution in [2.75, 3.05) is 38.6 Å². The Kier molecular flexibility index (Phi) is 4.96. The maximum atomic E-state index is 12.2. The third-order valence-corrected chi connectivity index (χ3v) is 3.64. The summed E-state index contributed by atoms with van der Waals surface area (Å²) in [5.41, 5.74) is 1.91. The van der Waals surface area contributed by atoms with Crippen LogP contribution in [0.3, 0.4) is 0 Å². The van der Waals surface area contributed by atoms with E-state index in [1.807, 2.05) is 34.9 Å². The highest BCUT2D eigenvalue weighted by Gasteiger charge is 2.27. The summed E-state index contributed by atoms with van der Waals surface area (Å²) in [6, 6.07) is 8.59. The molecule has 1 amide bonds. The Labute approximate surface area is 133 Å². The molecule has 0 bridgehead atoms. The molecule has 1 atom stereocenters. The van der Waals surface area contributed by atoms with Crippen molar-refractivity contribution in [3.8, 4) is 0 Å². The van der Waals surface area contributed by atoms with Gasteiger partial charge in [0.25, 0.3) is 0 Å². The second-order valence-corrected chi connectivity index (χ2v) is 6.92. The predicted molar refractivity (Wildman–Crippen MR) is 89.3 cm³/mol. The first-order chi connectivity index (χ1) is 10.3. The summed E-state index contributed by atoms with van der Waals surface area (Å²) in [7, 11) is 4.05. The van der Waals surface area contributed by atoms with Gasteiger partial charge in [-0.3, -0.25) is 0 Å². The van der Waals surface area contributed by atoms with Crippen molar-refractivity contribution in [1.82, 2.24) is 10.2 Å². The SMILES string of the molecule is CN(C)c1ccc([C@@H]2CN(C(=O)OC(C)(C)C)CCN2)cc1. The predicted octanol–water partition coefficient (Wildman–Crippen LogP) is 2.63. The minimum absolute atomic E-state index is 0.150. The normalized spacial score (nSPS) is 19.0. The van der Waals surface area contributed by atoms with E-state index in [-0.39, 0.29) is 12.1 Å². The van der Waals surface area contributed by atoms with Gasteiger partial charge in [0.15, 0.2) is 0 Å². The van der Waals surface area contributed by atoms with Gasteiger partial charge in [0, 0.05) is 39.4 Å². The second-order valence-electron chi connectivity index (χ2n) is 6.92. The third-order valence-electron chi connectivity index (χ3n) is 3.64. The number of hydrogen-bond acceptors (Lipinski definition) is 4. The zero-order valence-electron chi connectivity index (χ0n) is 14.2. The zero-order chi connectivity index (χ0) is 16.3. The lowest BCUT2D eigenvalue weighted by atomic mass is 10.0. The molecule has 0 aliphatic carbocycles. The second kappa shape index (κ2) is 6.57. The fraction of sp³-hybridized carbons (Fsp3) is 0.588. The van der Waals surface area contributed by atoms with Crippen molar-refractivity contribution in [3.05, 3.63) is 29.8 Å². The number of carbonyl (C=O) groups excluding carboxylic acids is 1. The Morgan fingerprint density at radius 3 is 2.45 bits per heavy atom. The van der Waals surface area contributed by atoms with Crippen LogP contribution in [0.25, 0.3) is 0 Å². The Morgan fingerprint density at radius 2 is 1.91 bits per heavy atom. The summed E-state index contributed by atoms with van der Waals surface area (Å²) >= 11 is 0. The van der Waals surface area contributed by atoms with Gasteiger partial charge in [0.05, 0.1) is 6.04 Å². The molecule has 1 aromatic rings. The first kappa shape index (κ1) is 16.6. The molecule has 0 radical (unpaired) electrons. The fourth-order valence-corrected chi connectivity index (χ4v) is 2.47. The molecule has 1 heterocycles. The van der Waals surface area contributed by atoms with Crippen LogP contribution in [0.15, 0.2) is 24.3 Å². The minimum atomic E-state index is -0.454. The number of rotatable bonds is 2. The van der Waals surface area contributed by atoms with Gasteiger partial charge in [-0.15, -0.1) is 0 Å². The van der Waals surface area contributed by atoms with Gasteiger partial charge in [0.2, 0.25) is 0 Å². The van der Waals surface area contributed by atoms with Gasteiger partial charge in [-0.2, -0.15) is 0 Å². The molecule has 5 heteroatoms. The van der Waals surface area contributed by atoms with Crippen LogP contribution in [-0.2, 0) is 4.74 Å². The molecule has 1 saturated heterocycles.